The molecule has 0 saturated carbocycles. The minimum atomic E-state index is -0.564. The lowest BCUT2D eigenvalue weighted by Gasteiger charge is -2.16. The number of unbranched alkanes of at least 4 members (excludes halogenated alkanes) is 1. The number of hydrogen-bond donors (Lipinski definition) is 1. The maximum Gasteiger partial charge on any atom is 0.257 e. The maximum absolute atomic E-state index is 13.8. The first-order chi connectivity index (χ1) is 17.9. The molecule has 1 aromatic heterocycles. The van der Waals surface area contributed by atoms with Crippen LogP contribution < -0.4 is 5.56 Å². The minimum absolute atomic E-state index is 0.0139. The summed E-state index contributed by atoms with van der Waals surface area (Å²) in [6.07, 6.45) is 2.71. The summed E-state index contributed by atoms with van der Waals surface area (Å²) in [5.41, 5.74) is 6.92. The molecular formula is C32H33N3O2. The topological polar surface area (TPSA) is 78.9 Å². The summed E-state index contributed by atoms with van der Waals surface area (Å²) in [6.45, 7) is 6.17. The molecule has 5 nitrogen and oxygen atoms in total. The Kier molecular flexibility index (Phi) is 8.32. The standard InChI is InChI=1S/C32H33N3O2/c1-4-5-13-31-30(19-24-14-16-26(17-15-24)29-12-7-6-10-28(29)20-33)32(37)35(23(3)34-31)21-25-9-8-11-27(18-25)22(2)36/h6-12,14-18,22,36H,4-5,13,19,21H2,1-3H3. The molecule has 0 saturated heterocycles. The summed E-state index contributed by atoms with van der Waals surface area (Å²) in [7, 11) is 0. The van der Waals surface area contributed by atoms with Gasteiger partial charge in [0.1, 0.15) is 5.82 Å². The van der Waals surface area contributed by atoms with Crippen molar-refractivity contribution in [2.75, 3.05) is 0 Å². The fraction of sp³-hybridized carbons (Fsp3) is 0.281. The van der Waals surface area contributed by atoms with Crippen LogP contribution in [0.2, 0.25) is 0 Å². The molecule has 0 amide bonds. The van der Waals surface area contributed by atoms with Gasteiger partial charge in [0.25, 0.3) is 5.56 Å². The molecule has 4 aromatic rings. The summed E-state index contributed by atoms with van der Waals surface area (Å²) < 4.78 is 1.74. The summed E-state index contributed by atoms with van der Waals surface area (Å²) >= 11 is 0. The Bertz CT molecular complexity index is 1480. The molecule has 4 rings (SSSR count). The zero-order chi connectivity index (χ0) is 26.4. The molecule has 0 fully saturated rings. The van der Waals surface area contributed by atoms with Crippen molar-refractivity contribution in [1.82, 2.24) is 9.55 Å². The highest BCUT2D eigenvalue weighted by molar-refractivity contribution is 5.70. The Morgan fingerprint density at radius 1 is 1.03 bits per heavy atom. The number of rotatable bonds is 9. The number of hydrogen-bond acceptors (Lipinski definition) is 4. The van der Waals surface area contributed by atoms with Gasteiger partial charge in [-0.05, 0) is 60.6 Å². The van der Waals surface area contributed by atoms with Crippen LogP contribution in [-0.4, -0.2) is 14.7 Å². The highest BCUT2D eigenvalue weighted by Crippen LogP contribution is 2.24. The average Bonchev–Trinajstić information content (AvgIpc) is 2.92. The predicted octanol–water partition coefficient (Wildman–Crippen LogP) is 6.13. The highest BCUT2D eigenvalue weighted by Gasteiger charge is 2.16. The number of aliphatic hydroxyl groups excluding tert-OH is 1. The molecule has 1 unspecified atom stereocenters. The zero-order valence-electron chi connectivity index (χ0n) is 21.7. The molecule has 188 valence electrons. The lowest BCUT2D eigenvalue weighted by Crippen LogP contribution is -2.30. The Morgan fingerprint density at radius 2 is 1.78 bits per heavy atom. The lowest BCUT2D eigenvalue weighted by molar-refractivity contribution is 0.199. The third-order valence-corrected chi connectivity index (χ3v) is 6.77. The van der Waals surface area contributed by atoms with E-state index in [2.05, 4.69) is 13.0 Å². The van der Waals surface area contributed by atoms with Crippen molar-refractivity contribution in [3.8, 4) is 17.2 Å². The van der Waals surface area contributed by atoms with E-state index in [1.807, 2.05) is 79.7 Å². The van der Waals surface area contributed by atoms with Crippen molar-refractivity contribution < 1.29 is 5.11 Å². The third-order valence-electron chi connectivity index (χ3n) is 6.77. The quantitative estimate of drug-likeness (QED) is 0.306. The van der Waals surface area contributed by atoms with Crippen molar-refractivity contribution in [2.24, 2.45) is 0 Å². The molecule has 0 radical (unpaired) electrons. The molecule has 5 heteroatoms. The van der Waals surface area contributed by atoms with Crippen LogP contribution in [-0.2, 0) is 19.4 Å². The van der Waals surface area contributed by atoms with Crippen molar-refractivity contribution in [2.45, 2.75) is 59.1 Å². The van der Waals surface area contributed by atoms with E-state index in [0.29, 0.717) is 24.4 Å². The van der Waals surface area contributed by atoms with Crippen LogP contribution in [0.3, 0.4) is 0 Å². The van der Waals surface area contributed by atoms with Gasteiger partial charge in [-0.2, -0.15) is 5.26 Å². The van der Waals surface area contributed by atoms with Crippen LogP contribution in [0.5, 0.6) is 0 Å². The molecule has 1 heterocycles. The van der Waals surface area contributed by atoms with Crippen molar-refractivity contribution in [3.05, 3.63) is 122 Å². The first-order valence-electron chi connectivity index (χ1n) is 12.9. The lowest BCUT2D eigenvalue weighted by atomic mass is 9.96. The first-order valence-corrected chi connectivity index (χ1v) is 12.9. The Balaban J connectivity index is 1.69. The Morgan fingerprint density at radius 3 is 2.49 bits per heavy atom. The number of nitrogens with zero attached hydrogens (tertiary/aromatic N) is 3. The second kappa shape index (κ2) is 11.8. The van der Waals surface area contributed by atoms with E-state index in [0.717, 1.165) is 58.3 Å². The molecule has 0 aliphatic rings. The number of benzene rings is 3. The number of nitriles is 1. The van der Waals surface area contributed by atoms with Crippen LogP contribution in [0.15, 0.2) is 77.6 Å². The van der Waals surface area contributed by atoms with E-state index >= 15 is 0 Å². The summed E-state index contributed by atoms with van der Waals surface area (Å²) in [5, 5.41) is 19.4. The summed E-state index contributed by atoms with van der Waals surface area (Å²) in [6, 6.07) is 25.6. The highest BCUT2D eigenvalue weighted by atomic mass is 16.3. The smallest absolute Gasteiger partial charge is 0.257 e. The largest absolute Gasteiger partial charge is 0.389 e. The van der Waals surface area contributed by atoms with Gasteiger partial charge in [0.2, 0.25) is 0 Å². The fourth-order valence-corrected chi connectivity index (χ4v) is 4.64. The van der Waals surface area contributed by atoms with Crippen molar-refractivity contribution in [1.29, 1.82) is 5.26 Å². The predicted molar refractivity (Wildman–Crippen MR) is 147 cm³/mol. The van der Waals surface area contributed by atoms with E-state index in [-0.39, 0.29) is 5.56 Å². The molecule has 1 atom stereocenters. The molecule has 0 spiro atoms. The monoisotopic (exact) mass is 491 g/mol. The molecule has 0 aliphatic heterocycles. The molecule has 37 heavy (non-hydrogen) atoms. The SMILES string of the molecule is CCCCc1nc(C)n(Cc2cccc(C(C)O)c2)c(=O)c1Cc1ccc(-c2ccccc2C#N)cc1. The Labute approximate surface area is 218 Å². The van der Waals surface area contributed by atoms with E-state index in [1.54, 1.807) is 11.5 Å². The van der Waals surface area contributed by atoms with Gasteiger partial charge in [0, 0.05) is 12.0 Å². The van der Waals surface area contributed by atoms with Gasteiger partial charge < -0.3 is 5.11 Å². The van der Waals surface area contributed by atoms with Crippen LogP contribution in [0.25, 0.3) is 11.1 Å². The fourth-order valence-electron chi connectivity index (χ4n) is 4.64. The molecule has 0 aliphatic carbocycles. The minimum Gasteiger partial charge on any atom is -0.389 e. The number of aliphatic hydroxyl groups is 1. The van der Waals surface area contributed by atoms with E-state index in [9.17, 15) is 15.2 Å². The van der Waals surface area contributed by atoms with Crippen LogP contribution >= 0.6 is 0 Å². The van der Waals surface area contributed by atoms with Gasteiger partial charge in [-0.15, -0.1) is 0 Å². The molecule has 1 N–H and O–H groups in total. The number of aryl methyl sites for hydroxylation is 2. The van der Waals surface area contributed by atoms with E-state index < -0.39 is 6.10 Å². The van der Waals surface area contributed by atoms with Gasteiger partial charge in [-0.3, -0.25) is 9.36 Å². The van der Waals surface area contributed by atoms with Crippen molar-refractivity contribution >= 4 is 0 Å². The third kappa shape index (κ3) is 6.04. The number of aromatic nitrogens is 2. The average molecular weight is 492 g/mol. The Hall–Kier alpha value is -4.01. The van der Waals surface area contributed by atoms with Gasteiger partial charge in [0.05, 0.1) is 30.0 Å². The first kappa shape index (κ1) is 26.1. The van der Waals surface area contributed by atoms with Gasteiger partial charge >= 0.3 is 0 Å². The molecule has 3 aromatic carbocycles. The van der Waals surface area contributed by atoms with Gasteiger partial charge in [-0.1, -0.05) is 80.1 Å². The zero-order valence-corrected chi connectivity index (χ0v) is 21.7. The second-order valence-electron chi connectivity index (χ2n) is 9.53. The maximum atomic E-state index is 13.8. The van der Waals surface area contributed by atoms with Gasteiger partial charge in [-0.25, -0.2) is 4.98 Å². The normalized spacial score (nSPS) is 11.8. The van der Waals surface area contributed by atoms with Crippen molar-refractivity contribution in [3.63, 3.8) is 0 Å². The summed E-state index contributed by atoms with van der Waals surface area (Å²) in [4.78, 5) is 18.7. The summed E-state index contributed by atoms with van der Waals surface area (Å²) in [5.74, 6) is 0.700. The van der Waals surface area contributed by atoms with Crippen LogP contribution in [0.4, 0.5) is 0 Å². The molecular weight excluding hydrogens is 458 g/mol. The van der Waals surface area contributed by atoms with Crippen LogP contribution in [0.1, 0.15) is 72.1 Å². The second-order valence-corrected chi connectivity index (χ2v) is 9.53. The van der Waals surface area contributed by atoms with E-state index in [4.69, 9.17) is 4.98 Å². The van der Waals surface area contributed by atoms with Gasteiger partial charge in [0.15, 0.2) is 0 Å². The van der Waals surface area contributed by atoms with E-state index in [1.165, 1.54) is 0 Å². The molecule has 0 bridgehead atoms. The van der Waals surface area contributed by atoms with Crippen LogP contribution in [0, 0.1) is 18.3 Å².